The second-order valence-corrected chi connectivity index (χ2v) is 16.3. The van der Waals surface area contributed by atoms with Crippen LogP contribution in [0.15, 0.2) is 83.8 Å². The van der Waals surface area contributed by atoms with Crippen LogP contribution in [-0.2, 0) is 30.3 Å². The highest BCUT2D eigenvalue weighted by atomic mass is 32.2. The normalized spacial score (nSPS) is 12.2. The van der Waals surface area contributed by atoms with Crippen molar-refractivity contribution in [1.82, 2.24) is 9.80 Å². The lowest BCUT2D eigenvalue weighted by molar-refractivity contribution is 0.0199. The van der Waals surface area contributed by atoms with Gasteiger partial charge in [0.05, 0.1) is 18.0 Å². The molecule has 0 atom stereocenters. The molecule has 0 aliphatic carbocycles. The van der Waals surface area contributed by atoms with Gasteiger partial charge >= 0.3 is 12.2 Å². The standard InChI is InChI=1S/C40H52N2O7S/c1-30-20-22-33(23-21-30)50(45,46)47-27-15-14-25-41(37(43)48-39(2,3)4)24-12-13-26-42(38(44)49-40(5,6)7)29-36-34-18-10-8-16-31(34)28-32-17-9-11-19-35(32)36/h8-11,16-23,28H,12-15,24-27,29H2,1-7H3. The van der Waals surface area contributed by atoms with Crippen molar-refractivity contribution in [3.63, 3.8) is 0 Å². The first-order valence-electron chi connectivity index (χ1n) is 17.3. The third kappa shape index (κ3) is 11.5. The Hall–Kier alpha value is -4.15. The van der Waals surface area contributed by atoms with Gasteiger partial charge in [0.25, 0.3) is 10.1 Å². The summed E-state index contributed by atoms with van der Waals surface area (Å²) in [7, 11) is -3.86. The van der Waals surface area contributed by atoms with E-state index in [1.54, 1.807) is 21.9 Å². The van der Waals surface area contributed by atoms with Crippen molar-refractivity contribution in [2.75, 3.05) is 26.2 Å². The summed E-state index contributed by atoms with van der Waals surface area (Å²) < 4.78 is 41.9. The second-order valence-electron chi connectivity index (χ2n) is 14.7. The highest BCUT2D eigenvalue weighted by Crippen LogP contribution is 2.30. The summed E-state index contributed by atoms with van der Waals surface area (Å²) >= 11 is 0. The first-order chi connectivity index (χ1) is 23.5. The zero-order valence-corrected chi connectivity index (χ0v) is 31.3. The van der Waals surface area contributed by atoms with E-state index in [0.29, 0.717) is 51.9 Å². The summed E-state index contributed by atoms with van der Waals surface area (Å²) in [6.45, 7) is 14.5. The molecule has 0 bridgehead atoms. The van der Waals surface area contributed by atoms with Gasteiger partial charge < -0.3 is 19.3 Å². The second kappa shape index (κ2) is 16.7. The number of ether oxygens (including phenoxy) is 2. The molecule has 50 heavy (non-hydrogen) atoms. The maximum absolute atomic E-state index is 13.6. The molecule has 0 heterocycles. The third-order valence-corrected chi connectivity index (χ3v) is 9.34. The zero-order valence-electron chi connectivity index (χ0n) is 30.5. The van der Waals surface area contributed by atoms with E-state index in [1.807, 2.05) is 72.7 Å². The van der Waals surface area contributed by atoms with Crippen molar-refractivity contribution >= 4 is 43.8 Å². The van der Waals surface area contributed by atoms with Gasteiger partial charge in [0.15, 0.2) is 0 Å². The van der Waals surface area contributed by atoms with Crippen LogP contribution in [0.3, 0.4) is 0 Å². The van der Waals surface area contributed by atoms with Gasteiger partial charge in [0, 0.05) is 19.6 Å². The molecule has 0 aliphatic rings. The molecule has 0 unspecified atom stereocenters. The van der Waals surface area contributed by atoms with Crippen LogP contribution >= 0.6 is 0 Å². The molecule has 4 aromatic rings. The van der Waals surface area contributed by atoms with Crippen molar-refractivity contribution in [1.29, 1.82) is 0 Å². The van der Waals surface area contributed by atoms with E-state index < -0.39 is 27.4 Å². The van der Waals surface area contributed by atoms with Crippen LogP contribution in [0.2, 0.25) is 0 Å². The minimum Gasteiger partial charge on any atom is -0.444 e. The van der Waals surface area contributed by atoms with Crippen LogP contribution in [0.25, 0.3) is 21.5 Å². The van der Waals surface area contributed by atoms with Gasteiger partial charge in [-0.1, -0.05) is 66.2 Å². The van der Waals surface area contributed by atoms with Crippen LogP contribution in [-0.4, -0.2) is 67.8 Å². The minimum absolute atomic E-state index is 0.00602. The van der Waals surface area contributed by atoms with Gasteiger partial charge in [0.1, 0.15) is 11.2 Å². The number of fused-ring (bicyclic) bond motifs is 2. The Labute approximate surface area is 297 Å². The van der Waals surface area contributed by atoms with Crippen LogP contribution in [0.4, 0.5) is 9.59 Å². The molecule has 0 N–H and O–H groups in total. The number of nitrogens with zero attached hydrogens (tertiary/aromatic N) is 2. The summed E-state index contributed by atoms with van der Waals surface area (Å²) in [5, 5.41) is 4.39. The van der Waals surface area contributed by atoms with Gasteiger partial charge in [-0.2, -0.15) is 8.42 Å². The Morgan fingerprint density at radius 3 is 1.62 bits per heavy atom. The summed E-state index contributed by atoms with van der Waals surface area (Å²) in [6.07, 6.45) is 1.39. The molecule has 2 amide bonds. The average Bonchev–Trinajstić information content (AvgIpc) is 3.03. The molecule has 0 fully saturated rings. The summed E-state index contributed by atoms with van der Waals surface area (Å²) in [4.78, 5) is 30.3. The summed E-state index contributed by atoms with van der Waals surface area (Å²) in [5.41, 5.74) is 0.691. The van der Waals surface area contributed by atoms with E-state index in [0.717, 1.165) is 32.7 Å². The number of rotatable bonds is 14. The van der Waals surface area contributed by atoms with Gasteiger partial charge in [-0.15, -0.1) is 0 Å². The molecular formula is C40H52N2O7S. The summed E-state index contributed by atoms with van der Waals surface area (Å²) in [6, 6.07) is 25.1. The number of carbonyl (C=O) groups is 2. The van der Waals surface area contributed by atoms with E-state index in [4.69, 9.17) is 13.7 Å². The monoisotopic (exact) mass is 704 g/mol. The van der Waals surface area contributed by atoms with E-state index in [9.17, 15) is 18.0 Å². The van der Waals surface area contributed by atoms with Crippen LogP contribution < -0.4 is 0 Å². The molecule has 0 saturated heterocycles. The number of unbranched alkanes of at least 4 members (excludes halogenated alkanes) is 2. The van der Waals surface area contributed by atoms with Gasteiger partial charge in [-0.3, -0.25) is 4.18 Å². The van der Waals surface area contributed by atoms with E-state index in [-0.39, 0.29) is 17.6 Å². The number of carbonyl (C=O) groups excluding carboxylic acids is 2. The Balaban J connectivity index is 1.41. The molecule has 0 saturated carbocycles. The van der Waals surface area contributed by atoms with Gasteiger partial charge in [-0.05, 0) is 119 Å². The number of hydrogen-bond acceptors (Lipinski definition) is 7. The van der Waals surface area contributed by atoms with E-state index in [2.05, 4.69) is 30.3 Å². The molecule has 270 valence electrons. The lowest BCUT2D eigenvalue weighted by Gasteiger charge is -2.29. The maximum Gasteiger partial charge on any atom is 0.410 e. The molecule has 4 rings (SSSR count). The van der Waals surface area contributed by atoms with E-state index in [1.165, 1.54) is 12.1 Å². The van der Waals surface area contributed by atoms with E-state index >= 15 is 0 Å². The number of aryl methyl sites for hydroxylation is 1. The Kier molecular flexibility index (Phi) is 12.9. The fourth-order valence-corrected chi connectivity index (χ4v) is 6.55. The lowest BCUT2D eigenvalue weighted by atomic mass is 9.96. The van der Waals surface area contributed by atoms with Crippen molar-refractivity contribution < 1.29 is 31.7 Å². The molecular weight excluding hydrogens is 653 g/mol. The Morgan fingerprint density at radius 2 is 1.10 bits per heavy atom. The van der Waals surface area contributed by atoms with Crippen molar-refractivity contribution in [2.24, 2.45) is 0 Å². The SMILES string of the molecule is Cc1ccc(S(=O)(=O)OCCCCN(CCCCN(Cc2c3ccccc3cc3ccccc23)C(=O)OC(C)(C)C)C(=O)OC(C)(C)C)cc1. The molecule has 0 spiro atoms. The molecule has 9 nitrogen and oxygen atoms in total. The molecule has 10 heteroatoms. The highest BCUT2D eigenvalue weighted by Gasteiger charge is 2.25. The van der Waals surface area contributed by atoms with Crippen molar-refractivity contribution in [2.45, 2.75) is 96.8 Å². The molecule has 4 aromatic carbocycles. The number of hydrogen-bond donors (Lipinski definition) is 0. The summed E-state index contributed by atoms with van der Waals surface area (Å²) in [5.74, 6) is 0. The smallest absolute Gasteiger partial charge is 0.410 e. The highest BCUT2D eigenvalue weighted by molar-refractivity contribution is 7.86. The number of amides is 2. The molecule has 0 radical (unpaired) electrons. The number of benzene rings is 4. The largest absolute Gasteiger partial charge is 0.444 e. The first-order valence-corrected chi connectivity index (χ1v) is 18.7. The first kappa shape index (κ1) is 38.6. The Bertz CT molecular complexity index is 1810. The average molecular weight is 705 g/mol. The quantitative estimate of drug-likeness (QED) is 0.0733. The van der Waals surface area contributed by atoms with Crippen LogP contribution in [0.5, 0.6) is 0 Å². The molecule has 0 aromatic heterocycles. The predicted octanol–water partition coefficient (Wildman–Crippen LogP) is 9.24. The van der Waals surface area contributed by atoms with Crippen molar-refractivity contribution in [3.05, 3.63) is 90.0 Å². The van der Waals surface area contributed by atoms with Crippen molar-refractivity contribution in [3.8, 4) is 0 Å². The van der Waals surface area contributed by atoms with Crippen LogP contribution in [0.1, 0.15) is 78.4 Å². The fraction of sp³-hybridized carbons (Fsp3) is 0.450. The van der Waals surface area contributed by atoms with Gasteiger partial charge in [-0.25, -0.2) is 9.59 Å². The molecule has 0 aliphatic heterocycles. The predicted molar refractivity (Wildman–Crippen MR) is 199 cm³/mol. The minimum atomic E-state index is -3.86. The van der Waals surface area contributed by atoms with Crippen LogP contribution in [0, 0.1) is 6.92 Å². The third-order valence-electron chi connectivity index (χ3n) is 8.01. The van der Waals surface area contributed by atoms with Gasteiger partial charge in [0.2, 0.25) is 0 Å². The lowest BCUT2D eigenvalue weighted by Crippen LogP contribution is -2.39. The topological polar surface area (TPSA) is 102 Å². The zero-order chi connectivity index (χ0) is 36.5. The fourth-order valence-electron chi connectivity index (χ4n) is 5.60. The Morgan fingerprint density at radius 1 is 0.640 bits per heavy atom. The maximum atomic E-state index is 13.6.